The molecule has 1 atom stereocenters. The van der Waals surface area contributed by atoms with Gasteiger partial charge < -0.3 is 14.0 Å². The van der Waals surface area contributed by atoms with E-state index in [-0.39, 0.29) is 17.7 Å². The molecule has 0 bridgehead atoms. The van der Waals surface area contributed by atoms with E-state index in [1.54, 1.807) is 31.3 Å². The molecule has 0 aliphatic heterocycles. The summed E-state index contributed by atoms with van der Waals surface area (Å²) in [5, 5.41) is 4.82. The van der Waals surface area contributed by atoms with Gasteiger partial charge in [-0.1, -0.05) is 35.0 Å². The summed E-state index contributed by atoms with van der Waals surface area (Å²) in [5.74, 6) is -0.383. The van der Waals surface area contributed by atoms with Crippen molar-refractivity contribution in [2.45, 2.75) is 6.61 Å². The van der Waals surface area contributed by atoms with Gasteiger partial charge in [0.2, 0.25) is 6.20 Å². The summed E-state index contributed by atoms with van der Waals surface area (Å²) in [6.45, 7) is -0.151. The number of halogens is 1. The minimum absolute atomic E-state index is 0.0766. The lowest BCUT2D eigenvalue weighted by Gasteiger charge is -2.23. The average Bonchev–Trinajstić information content (AvgIpc) is 2.53. The zero-order valence-electron chi connectivity index (χ0n) is 12.3. The van der Waals surface area contributed by atoms with Gasteiger partial charge in [0, 0.05) is 5.39 Å². The molecule has 0 aliphatic carbocycles. The molecule has 0 aliphatic rings. The Morgan fingerprint density at radius 3 is 2.65 bits per heavy atom. The highest BCUT2D eigenvalue weighted by Gasteiger charge is 2.21. The molecule has 1 unspecified atom stereocenters. The Bertz CT molecular complexity index is 899. The number of fused-ring (bicyclic) bond motifs is 1. The summed E-state index contributed by atoms with van der Waals surface area (Å²) in [6.07, 6.45) is 1.42. The zero-order chi connectivity index (χ0) is 16.4. The SMILES string of the molecule is C[n+]1cc(P(=O)([O-])OCc2ccc(F)cc2)c2ccccc2n1. The lowest BCUT2D eigenvalue weighted by molar-refractivity contribution is -0.727. The first-order chi connectivity index (χ1) is 11.0. The fourth-order valence-electron chi connectivity index (χ4n) is 2.25. The highest BCUT2D eigenvalue weighted by Crippen LogP contribution is 2.38. The standard InChI is InChI=1S/C16H14FN2O3P/c1-19-10-16(14-4-2-3-5-15(14)18-19)23(20,21)22-11-12-6-8-13(17)9-7-12/h2-10H,11H2,1H3. The summed E-state index contributed by atoms with van der Waals surface area (Å²) >= 11 is 0. The molecule has 0 amide bonds. The first-order valence-electron chi connectivity index (χ1n) is 6.92. The topological polar surface area (TPSA) is 66.1 Å². The third kappa shape index (κ3) is 3.45. The molecule has 23 heavy (non-hydrogen) atoms. The van der Waals surface area contributed by atoms with E-state index >= 15 is 0 Å². The number of nitrogens with zero attached hydrogens (tertiary/aromatic N) is 2. The van der Waals surface area contributed by atoms with Crippen LogP contribution >= 0.6 is 7.60 Å². The molecule has 0 spiro atoms. The summed E-state index contributed by atoms with van der Waals surface area (Å²) in [7, 11) is -2.65. The van der Waals surface area contributed by atoms with Crippen molar-refractivity contribution in [3.8, 4) is 0 Å². The van der Waals surface area contributed by atoms with Crippen LogP contribution in [-0.4, -0.2) is 5.10 Å². The second-order valence-corrected chi connectivity index (χ2v) is 6.84. The second-order valence-electron chi connectivity index (χ2n) is 5.10. The summed E-state index contributed by atoms with van der Waals surface area (Å²) in [5.41, 5.74) is 1.14. The van der Waals surface area contributed by atoms with Crippen LogP contribution in [0.3, 0.4) is 0 Å². The number of benzene rings is 2. The molecule has 3 rings (SSSR count). The molecular formula is C16H14FN2O3P. The Morgan fingerprint density at radius 2 is 1.91 bits per heavy atom. The van der Waals surface area contributed by atoms with Crippen molar-refractivity contribution < 1.29 is 23.1 Å². The van der Waals surface area contributed by atoms with Gasteiger partial charge >= 0.3 is 0 Å². The molecule has 5 nitrogen and oxygen atoms in total. The summed E-state index contributed by atoms with van der Waals surface area (Å²) in [6, 6.07) is 12.4. The molecule has 118 valence electrons. The Morgan fingerprint density at radius 1 is 1.22 bits per heavy atom. The molecule has 7 heteroatoms. The van der Waals surface area contributed by atoms with Crippen molar-refractivity contribution in [1.82, 2.24) is 5.10 Å². The highest BCUT2D eigenvalue weighted by atomic mass is 31.2. The normalized spacial score (nSPS) is 13.9. The van der Waals surface area contributed by atoms with Gasteiger partial charge in [-0.3, -0.25) is 0 Å². The van der Waals surface area contributed by atoms with Crippen LogP contribution in [0.2, 0.25) is 0 Å². The van der Waals surface area contributed by atoms with Crippen molar-refractivity contribution in [2.24, 2.45) is 7.05 Å². The highest BCUT2D eigenvalue weighted by molar-refractivity contribution is 7.60. The quantitative estimate of drug-likeness (QED) is 0.538. The van der Waals surface area contributed by atoms with E-state index < -0.39 is 7.60 Å². The Balaban J connectivity index is 1.93. The number of aromatic nitrogens is 2. The van der Waals surface area contributed by atoms with Crippen LogP contribution in [0.15, 0.2) is 54.7 Å². The third-order valence-corrected chi connectivity index (χ3v) is 4.78. The third-order valence-electron chi connectivity index (χ3n) is 3.36. The Labute approximate surface area is 132 Å². The summed E-state index contributed by atoms with van der Waals surface area (Å²) < 4.78 is 32.0. The van der Waals surface area contributed by atoms with Crippen LogP contribution < -0.4 is 14.9 Å². The predicted molar refractivity (Wildman–Crippen MR) is 81.3 cm³/mol. The van der Waals surface area contributed by atoms with Crippen LogP contribution in [0.1, 0.15) is 5.56 Å². The Hall–Kier alpha value is -2.14. The zero-order valence-corrected chi connectivity index (χ0v) is 13.2. The van der Waals surface area contributed by atoms with Gasteiger partial charge in [0.25, 0.3) is 0 Å². The molecular weight excluding hydrogens is 318 g/mol. The minimum atomic E-state index is -4.30. The average molecular weight is 332 g/mol. The second kappa shape index (κ2) is 6.16. The first-order valence-corrected chi connectivity index (χ1v) is 8.46. The first kappa shape index (κ1) is 15.7. The lowest BCUT2D eigenvalue weighted by Crippen LogP contribution is -2.38. The molecule has 0 N–H and O–H groups in total. The van der Waals surface area contributed by atoms with Crippen LogP contribution in [0.25, 0.3) is 10.9 Å². The van der Waals surface area contributed by atoms with Crippen LogP contribution in [0.4, 0.5) is 4.39 Å². The maximum atomic E-state index is 12.9. The molecule has 1 aromatic heterocycles. The van der Waals surface area contributed by atoms with E-state index in [9.17, 15) is 13.8 Å². The fourth-order valence-corrected chi connectivity index (χ4v) is 3.50. The molecule has 2 aromatic carbocycles. The van der Waals surface area contributed by atoms with E-state index in [0.717, 1.165) is 0 Å². The van der Waals surface area contributed by atoms with E-state index in [0.29, 0.717) is 16.5 Å². The molecule has 0 saturated carbocycles. The molecule has 3 aromatic rings. The molecule has 0 fully saturated rings. The van der Waals surface area contributed by atoms with Gasteiger partial charge in [-0.2, -0.15) is 0 Å². The maximum Gasteiger partial charge on any atom is 0.208 e. The van der Waals surface area contributed by atoms with E-state index in [1.165, 1.54) is 35.1 Å². The van der Waals surface area contributed by atoms with Crippen molar-refractivity contribution in [2.75, 3.05) is 0 Å². The van der Waals surface area contributed by atoms with Crippen molar-refractivity contribution in [3.05, 3.63) is 66.1 Å². The Kier molecular flexibility index (Phi) is 4.22. The largest absolute Gasteiger partial charge is 0.775 e. The lowest BCUT2D eigenvalue weighted by atomic mass is 10.2. The van der Waals surface area contributed by atoms with Crippen molar-refractivity contribution >= 4 is 23.8 Å². The number of hydrogen-bond acceptors (Lipinski definition) is 4. The minimum Gasteiger partial charge on any atom is -0.775 e. The van der Waals surface area contributed by atoms with Gasteiger partial charge in [0.05, 0.1) is 11.9 Å². The number of aryl methyl sites for hydroxylation is 1. The van der Waals surface area contributed by atoms with E-state index in [2.05, 4.69) is 5.10 Å². The van der Waals surface area contributed by atoms with Crippen LogP contribution in [0.5, 0.6) is 0 Å². The van der Waals surface area contributed by atoms with Crippen LogP contribution in [0, 0.1) is 5.82 Å². The molecule has 0 saturated heterocycles. The van der Waals surface area contributed by atoms with Gasteiger partial charge in [-0.05, 0) is 28.9 Å². The fraction of sp³-hybridized carbons (Fsp3) is 0.125. The predicted octanol–water partition coefficient (Wildman–Crippen LogP) is 1.59. The van der Waals surface area contributed by atoms with Gasteiger partial charge in [0.1, 0.15) is 11.3 Å². The molecule has 0 radical (unpaired) electrons. The number of rotatable bonds is 4. The van der Waals surface area contributed by atoms with E-state index in [1.807, 2.05) is 0 Å². The van der Waals surface area contributed by atoms with Crippen molar-refractivity contribution in [1.29, 1.82) is 0 Å². The monoisotopic (exact) mass is 332 g/mol. The van der Waals surface area contributed by atoms with E-state index in [4.69, 9.17) is 4.52 Å². The van der Waals surface area contributed by atoms with Gasteiger partial charge in [-0.25, -0.2) is 4.39 Å². The smallest absolute Gasteiger partial charge is 0.208 e. The van der Waals surface area contributed by atoms with Gasteiger partial charge in [0.15, 0.2) is 14.6 Å². The number of hydrogen-bond donors (Lipinski definition) is 0. The summed E-state index contributed by atoms with van der Waals surface area (Å²) in [4.78, 5) is 12.5. The van der Waals surface area contributed by atoms with Crippen LogP contribution in [-0.2, 0) is 22.7 Å². The van der Waals surface area contributed by atoms with Gasteiger partial charge in [-0.15, -0.1) is 0 Å². The maximum absolute atomic E-state index is 12.9. The molecule has 1 heterocycles. The van der Waals surface area contributed by atoms with Crippen molar-refractivity contribution in [3.63, 3.8) is 0 Å².